The van der Waals surface area contributed by atoms with E-state index in [9.17, 15) is 9.18 Å². The molecule has 0 spiro atoms. The number of rotatable bonds is 2. The van der Waals surface area contributed by atoms with Crippen LogP contribution in [0, 0.1) is 11.7 Å². The van der Waals surface area contributed by atoms with E-state index in [1.54, 1.807) is 12.1 Å². The van der Waals surface area contributed by atoms with Crippen LogP contribution in [0.5, 0.6) is 0 Å². The molecule has 74 valence electrons. The van der Waals surface area contributed by atoms with Crippen molar-refractivity contribution < 1.29 is 14.3 Å². The first kappa shape index (κ1) is 9.65. The highest BCUT2D eigenvalue weighted by molar-refractivity contribution is 9.10. The first-order valence-electron chi connectivity index (χ1n) is 4.27. The molecule has 0 radical (unpaired) electrons. The quantitative estimate of drug-likeness (QED) is 0.886. The molecule has 1 aliphatic rings. The van der Waals surface area contributed by atoms with E-state index in [1.807, 2.05) is 0 Å². The fraction of sp³-hybridized carbons (Fsp3) is 0.300. The summed E-state index contributed by atoms with van der Waals surface area (Å²) in [5, 5.41) is 8.71. The lowest BCUT2D eigenvalue weighted by Gasteiger charge is -2.01. The Kier molecular flexibility index (Phi) is 2.31. The number of carboxylic acid groups (broad SMARTS) is 1. The molecule has 0 heterocycles. The molecule has 0 amide bonds. The summed E-state index contributed by atoms with van der Waals surface area (Å²) in [4.78, 5) is 10.6. The number of hydrogen-bond acceptors (Lipinski definition) is 1. The van der Waals surface area contributed by atoms with Gasteiger partial charge in [-0.15, -0.1) is 0 Å². The predicted molar refractivity (Wildman–Crippen MR) is 52.6 cm³/mol. The highest BCUT2D eigenvalue weighted by Gasteiger charge is 2.45. The van der Waals surface area contributed by atoms with Gasteiger partial charge in [-0.1, -0.05) is 15.9 Å². The van der Waals surface area contributed by atoms with Crippen LogP contribution in [-0.4, -0.2) is 11.1 Å². The van der Waals surface area contributed by atoms with Gasteiger partial charge in [-0.3, -0.25) is 4.79 Å². The van der Waals surface area contributed by atoms with Crippen molar-refractivity contribution in [1.29, 1.82) is 0 Å². The molecule has 2 rings (SSSR count). The highest BCUT2D eigenvalue weighted by atomic mass is 79.9. The molecule has 2 nitrogen and oxygen atoms in total. The van der Waals surface area contributed by atoms with Crippen molar-refractivity contribution >= 4 is 21.9 Å². The fourth-order valence-electron chi connectivity index (χ4n) is 1.61. The van der Waals surface area contributed by atoms with Gasteiger partial charge in [0.05, 0.1) is 5.92 Å². The van der Waals surface area contributed by atoms with Crippen LogP contribution in [-0.2, 0) is 4.79 Å². The maximum Gasteiger partial charge on any atom is 0.307 e. The second kappa shape index (κ2) is 3.35. The van der Waals surface area contributed by atoms with Crippen molar-refractivity contribution in [3.8, 4) is 0 Å². The lowest BCUT2D eigenvalue weighted by molar-refractivity contribution is -0.138. The minimum atomic E-state index is -0.839. The topological polar surface area (TPSA) is 37.3 Å². The number of aliphatic carboxylic acids is 1. The Labute approximate surface area is 88.9 Å². The summed E-state index contributed by atoms with van der Waals surface area (Å²) in [5.74, 6) is -1.71. The highest BCUT2D eigenvalue weighted by Crippen LogP contribution is 2.48. The van der Waals surface area contributed by atoms with Crippen LogP contribution in [0.3, 0.4) is 0 Å². The molecule has 1 fully saturated rings. The molecule has 1 saturated carbocycles. The maximum atomic E-state index is 13.3. The summed E-state index contributed by atoms with van der Waals surface area (Å²) in [6, 6.07) is 4.62. The van der Waals surface area contributed by atoms with E-state index in [0.29, 0.717) is 12.0 Å². The summed E-state index contributed by atoms with van der Waals surface area (Å²) >= 11 is 3.24. The van der Waals surface area contributed by atoms with Crippen molar-refractivity contribution in [3.63, 3.8) is 0 Å². The Morgan fingerprint density at radius 3 is 2.86 bits per heavy atom. The second-order valence-electron chi connectivity index (χ2n) is 3.45. The van der Waals surface area contributed by atoms with Gasteiger partial charge >= 0.3 is 5.97 Å². The summed E-state index contributed by atoms with van der Waals surface area (Å²) in [6.45, 7) is 0. The smallest absolute Gasteiger partial charge is 0.307 e. The van der Waals surface area contributed by atoms with Crippen LogP contribution in [0.2, 0.25) is 0 Å². The Balaban J connectivity index is 2.26. The van der Waals surface area contributed by atoms with E-state index >= 15 is 0 Å². The zero-order valence-corrected chi connectivity index (χ0v) is 8.79. The lowest BCUT2D eigenvalue weighted by atomic mass is 10.1. The Hall–Kier alpha value is -0.900. The zero-order valence-electron chi connectivity index (χ0n) is 7.21. The van der Waals surface area contributed by atoms with Crippen LogP contribution in [0.15, 0.2) is 22.7 Å². The van der Waals surface area contributed by atoms with Gasteiger partial charge in [-0.25, -0.2) is 4.39 Å². The monoisotopic (exact) mass is 258 g/mol. The van der Waals surface area contributed by atoms with Crippen LogP contribution in [0.1, 0.15) is 17.9 Å². The number of carboxylic acids is 1. The van der Waals surface area contributed by atoms with Crippen molar-refractivity contribution in [1.82, 2.24) is 0 Å². The normalized spacial score (nSPS) is 24.7. The van der Waals surface area contributed by atoms with Crippen molar-refractivity contribution in [3.05, 3.63) is 34.1 Å². The molecular formula is C10H8BrFO2. The first-order valence-corrected chi connectivity index (χ1v) is 5.06. The van der Waals surface area contributed by atoms with Gasteiger partial charge in [-0.2, -0.15) is 0 Å². The minimum absolute atomic E-state index is 0.148. The Bertz CT molecular complexity index is 392. The fourth-order valence-corrected chi connectivity index (χ4v) is 1.99. The van der Waals surface area contributed by atoms with Crippen molar-refractivity contribution in [2.24, 2.45) is 5.92 Å². The Morgan fingerprint density at radius 1 is 1.57 bits per heavy atom. The average Bonchev–Trinajstić information content (AvgIpc) is 2.88. The first-order chi connectivity index (χ1) is 6.59. The van der Waals surface area contributed by atoms with Gasteiger partial charge in [0.15, 0.2) is 0 Å². The minimum Gasteiger partial charge on any atom is -0.481 e. The third-order valence-corrected chi connectivity index (χ3v) is 2.96. The van der Waals surface area contributed by atoms with Crippen molar-refractivity contribution in [2.45, 2.75) is 12.3 Å². The number of hydrogen-bond donors (Lipinski definition) is 1. The van der Waals surface area contributed by atoms with E-state index in [0.717, 1.165) is 4.47 Å². The molecule has 2 unspecified atom stereocenters. The third kappa shape index (κ3) is 1.66. The standard InChI is InChI=1S/C10H8BrFO2/c11-5-1-2-9(12)7(3-5)6-4-8(6)10(13)14/h1-3,6,8H,4H2,(H,13,14). The van der Waals surface area contributed by atoms with E-state index in [2.05, 4.69) is 15.9 Å². The zero-order chi connectivity index (χ0) is 10.3. The molecule has 1 aromatic rings. The van der Waals surface area contributed by atoms with E-state index in [4.69, 9.17) is 5.11 Å². The van der Waals surface area contributed by atoms with Gasteiger partial charge in [0.2, 0.25) is 0 Å². The van der Waals surface area contributed by atoms with Gasteiger partial charge < -0.3 is 5.11 Å². The SMILES string of the molecule is O=C(O)C1CC1c1cc(Br)ccc1F. The third-order valence-electron chi connectivity index (χ3n) is 2.47. The predicted octanol–water partition coefficient (Wildman–Crippen LogP) is 2.78. The second-order valence-corrected chi connectivity index (χ2v) is 4.37. The van der Waals surface area contributed by atoms with Gasteiger partial charge in [0.1, 0.15) is 5.82 Å². The molecule has 1 aliphatic carbocycles. The molecule has 2 atom stereocenters. The number of carbonyl (C=O) groups is 1. The van der Waals surface area contributed by atoms with Crippen LogP contribution >= 0.6 is 15.9 Å². The maximum absolute atomic E-state index is 13.3. The van der Waals surface area contributed by atoms with Crippen LogP contribution in [0.4, 0.5) is 4.39 Å². The molecule has 0 aromatic heterocycles. The molecule has 0 saturated heterocycles. The lowest BCUT2D eigenvalue weighted by Crippen LogP contribution is -2.00. The summed E-state index contributed by atoms with van der Waals surface area (Å²) in [5.41, 5.74) is 0.506. The molecule has 1 aromatic carbocycles. The Morgan fingerprint density at radius 2 is 2.29 bits per heavy atom. The van der Waals surface area contributed by atoms with E-state index < -0.39 is 11.9 Å². The van der Waals surface area contributed by atoms with Gasteiger partial charge in [0, 0.05) is 10.4 Å². The molecule has 14 heavy (non-hydrogen) atoms. The van der Waals surface area contributed by atoms with E-state index in [1.165, 1.54) is 6.07 Å². The molecule has 0 aliphatic heterocycles. The van der Waals surface area contributed by atoms with E-state index in [-0.39, 0.29) is 11.7 Å². The largest absolute Gasteiger partial charge is 0.481 e. The molecular weight excluding hydrogens is 251 g/mol. The molecule has 0 bridgehead atoms. The van der Waals surface area contributed by atoms with Gasteiger partial charge in [0.25, 0.3) is 0 Å². The molecule has 1 N–H and O–H groups in total. The summed E-state index contributed by atoms with van der Waals surface area (Å²) in [6.07, 6.45) is 0.544. The van der Waals surface area contributed by atoms with Crippen molar-refractivity contribution in [2.75, 3.05) is 0 Å². The number of benzene rings is 1. The average molecular weight is 259 g/mol. The molecule has 4 heteroatoms. The summed E-state index contributed by atoms with van der Waals surface area (Å²) in [7, 11) is 0. The van der Waals surface area contributed by atoms with Crippen LogP contribution in [0.25, 0.3) is 0 Å². The van der Waals surface area contributed by atoms with Crippen LogP contribution < -0.4 is 0 Å². The summed E-state index contributed by atoms with van der Waals surface area (Å²) < 4.78 is 14.1. The number of halogens is 2. The van der Waals surface area contributed by atoms with Gasteiger partial charge in [-0.05, 0) is 30.2 Å².